The Hall–Kier alpha value is -4.60. The Morgan fingerprint density at radius 2 is 1.78 bits per heavy atom. The van der Waals surface area contributed by atoms with Crippen molar-refractivity contribution in [2.24, 2.45) is 5.10 Å². The molecule has 1 N–H and O–H groups in total. The molecule has 1 aromatic heterocycles. The SMILES string of the molecule is CCOc1cc(C=NNC(=O)c2ccncc2)ccc1OC(=O)c1ccc([N+](=O)[O-])cc1. The zero-order chi connectivity index (χ0) is 22.9. The Morgan fingerprint density at radius 1 is 1.06 bits per heavy atom. The first-order valence-corrected chi connectivity index (χ1v) is 9.45. The molecule has 10 heteroatoms. The fraction of sp³-hybridized carbons (Fsp3) is 0.0909. The molecule has 3 aromatic rings. The van der Waals surface area contributed by atoms with Gasteiger partial charge in [-0.25, -0.2) is 10.2 Å². The minimum absolute atomic E-state index is 0.129. The number of hydrogen-bond acceptors (Lipinski definition) is 8. The van der Waals surface area contributed by atoms with Crippen molar-refractivity contribution in [1.82, 2.24) is 10.4 Å². The van der Waals surface area contributed by atoms with E-state index in [-0.39, 0.29) is 22.9 Å². The number of nitrogens with one attached hydrogen (secondary N) is 1. The van der Waals surface area contributed by atoms with Crippen LogP contribution in [0.5, 0.6) is 11.5 Å². The molecule has 10 nitrogen and oxygen atoms in total. The van der Waals surface area contributed by atoms with Crippen LogP contribution in [0.1, 0.15) is 33.2 Å². The molecule has 0 bridgehead atoms. The van der Waals surface area contributed by atoms with Crippen molar-refractivity contribution in [1.29, 1.82) is 0 Å². The molecule has 3 rings (SSSR count). The van der Waals surface area contributed by atoms with Crippen molar-refractivity contribution in [3.8, 4) is 11.5 Å². The summed E-state index contributed by atoms with van der Waals surface area (Å²) < 4.78 is 10.9. The average molecular weight is 434 g/mol. The summed E-state index contributed by atoms with van der Waals surface area (Å²) in [5, 5.41) is 14.7. The predicted octanol–water partition coefficient (Wildman–Crippen LogP) is 3.37. The fourth-order valence-electron chi connectivity index (χ4n) is 2.57. The lowest BCUT2D eigenvalue weighted by atomic mass is 10.2. The summed E-state index contributed by atoms with van der Waals surface area (Å²) >= 11 is 0. The van der Waals surface area contributed by atoms with E-state index in [0.717, 1.165) is 0 Å². The van der Waals surface area contributed by atoms with Crippen LogP contribution < -0.4 is 14.9 Å². The van der Waals surface area contributed by atoms with Crippen LogP contribution in [0.4, 0.5) is 5.69 Å². The molecule has 162 valence electrons. The number of amides is 1. The lowest BCUT2D eigenvalue weighted by molar-refractivity contribution is -0.384. The molecular formula is C22H18N4O6. The molecule has 0 aliphatic heterocycles. The number of hydrogen-bond donors (Lipinski definition) is 1. The third kappa shape index (κ3) is 5.72. The number of non-ortho nitro benzene ring substituents is 1. The van der Waals surface area contributed by atoms with Crippen LogP contribution in [0.3, 0.4) is 0 Å². The third-order valence-corrected chi connectivity index (χ3v) is 4.11. The number of esters is 1. The van der Waals surface area contributed by atoms with Gasteiger partial charge in [0.25, 0.3) is 11.6 Å². The first-order chi connectivity index (χ1) is 15.5. The zero-order valence-corrected chi connectivity index (χ0v) is 16.9. The van der Waals surface area contributed by atoms with E-state index in [4.69, 9.17) is 9.47 Å². The van der Waals surface area contributed by atoms with E-state index in [1.54, 1.807) is 31.2 Å². The number of benzene rings is 2. The average Bonchev–Trinajstić information content (AvgIpc) is 2.81. The van der Waals surface area contributed by atoms with E-state index in [0.29, 0.717) is 23.5 Å². The van der Waals surface area contributed by atoms with E-state index in [9.17, 15) is 19.7 Å². The van der Waals surface area contributed by atoms with Crippen LogP contribution >= 0.6 is 0 Å². The molecule has 1 amide bonds. The molecule has 0 unspecified atom stereocenters. The number of nitrogens with zero attached hydrogens (tertiary/aromatic N) is 3. The highest BCUT2D eigenvalue weighted by molar-refractivity contribution is 5.95. The van der Waals surface area contributed by atoms with Crippen LogP contribution in [-0.4, -0.2) is 34.6 Å². The Bertz CT molecular complexity index is 1150. The van der Waals surface area contributed by atoms with Crippen LogP contribution in [-0.2, 0) is 0 Å². The monoisotopic (exact) mass is 434 g/mol. The van der Waals surface area contributed by atoms with E-state index in [1.165, 1.54) is 48.9 Å². The number of pyridine rings is 1. The number of carbonyl (C=O) groups is 2. The molecule has 32 heavy (non-hydrogen) atoms. The number of rotatable bonds is 8. The highest BCUT2D eigenvalue weighted by Gasteiger charge is 2.15. The largest absolute Gasteiger partial charge is 0.490 e. The summed E-state index contributed by atoms with van der Waals surface area (Å²) in [4.78, 5) is 38.4. The first kappa shape index (κ1) is 22.1. The highest BCUT2D eigenvalue weighted by atomic mass is 16.6. The Kier molecular flexibility index (Phi) is 7.20. The second-order valence-electron chi connectivity index (χ2n) is 6.27. The molecule has 2 aromatic carbocycles. The lowest BCUT2D eigenvalue weighted by Gasteiger charge is -2.11. The Labute approximate surface area is 182 Å². The topological polar surface area (TPSA) is 133 Å². The fourth-order valence-corrected chi connectivity index (χ4v) is 2.57. The smallest absolute Gasteiger partial charge is 0.343 e. The molecule has 0 atom stereocenters. The van der Waals surface area contributed by atoms with E-state index < -0.39 is 10.9 Å². The molecule has 0 fully saturated rings. The van der Waals surface area contributed by atoms with Crippen molar-refractivity contribution in [2.45, 2.75) is 6.92 Å². The van der Waals surface area contributed by atoms with Gasteiger partial charge in [0.05, 0.1) is 23.3 Å². The highest BCUT2D eigenvalue weighted by Crippen LogP contribution is 2.29. The molecule has 1 heterocycles. The van der Waals surface area contributed by atoms with E-state index in [1.807, 2.05) is 0 Å². The maximum absolute atomic E-state index is 12.4. The van der Waals surface area contributed by atoms with Crippen LogP contribution in [0.15, 0.2) is 72.1 Å². The Balaban J connectivity index is 1.70. The standard InChI is InChI=1S/C22H18N4O6/c1-2-31-20-13-15(14-24-25-21(27)16-9-11-23-12-10-16)3-8-19(20)32-22(28)17-4-6-18(7-5-17)26(29)30/h3-14H,2H2,1H3,(H,25,27). The zero-order valence-electron chi connectivity index (χ0n) is 16.9. The second-order valence-corrected chi connectivity index (χ2v) is 6.27. The molecule has 0 spiro atoms. The van der Waals surface area contributed by atoms with Gasteiger partial charge in [0.15, 0.2) is 11.5 Å². The normalized spacial score (nSPS) is 10.5. The predicted molar refractivity (Wildman–Crippen MR) is 115 cm³/mol. The molecular weight excluding hydrogens is 416 g/mol. The molecule has 0 saturated heterocycles. The van der Waals surface area contributed by atoms with Gasteiger partial charge in [-0.2, -0.15) is 5.10 Å². The van der Waals surface area contributed by atoms with Gasteiger partial charge in [0.1, 0.15) is 0 Å². The first-order valence-electron chi connectivity index (χ1n) is 9.45. The van der Waals surface area contributed by atoms with Crippen LogP contribution in [0, 0.1) is 10.1 Å². The number of aromatic nitrogens is 1. The lowest BCUT2D eigenvalue weighted by Crippen LogP contribution is -2.17. The van der Waals surface area contributed by atoms with Gasteiger partial charge in [-0.1, -0.05) is 0 Å². The van der Waals surface area contributed by atoms with Gasteiger partial charge in [0, 0.05) is 30.1 Å². The van der Waals surface area contributed by atoms with Crippen molar-refractivity contribution in [3.05, 3.63) is 93.8 Å². The minimum Gasteiger partial charge on any atom is -0.490 e. The van der Waals surface area contributed by atoms with Crippen molar-refractivity contribution in [2.75, 3.05) is 6.61 Å². The summed E-state index contributed by atoms with van der Waals surface area (Å²) in [6.07, 6.45) is 4.43. The van der Waals surface area contributed by atoms with Crippen LogP contribution in [0.25, 0.3) is 0 Å². The summed E-state index contributed by atoms with van der Waals surface area (Å²) in [5.74, 6) is -0.602. The molecule has 0 aliphatic rings. The van der Waals surface area contributed by atoms with Crippen molar-refractivity contribution < 1.29 is 24.0 Å². The van der Waals surface area contributed by atoms with Gasteiger partial charge in [-0.3, -0.25) is 19.9 Å². The van der Waals surface area contributed by atoms with Gasteiger partial charge < -0.3 is 9.47 Å². The summed E-state index contributed by atoms with van der Waals surface area (Å²) in [7, 11) is 0. The second kappa shape index (κ2) is 10.4. The van der Waals surface area contributed by atoms with Gasteiger partial charge in [0.2, 0.25) is 0 Å². The van der Waals surface area contributed by atoms with Gasteiger partial charge >= 0.3 is 5.97 Å². The molecule has 0 aliphatic carbocycles. The summed E-state index contributed by atoms with van der Waals surface area (Å²) in [5.41, 5.74) is 3.45. The van der Waals surface area contributed by atoms with Gasteiger partial charge in [-0.15, -0.1) is 0 Å². The van der Waals surface area contributed by atoms with Crippen LogP contribution in [0.2, 0.25) is 0 Å². The number of carbonyl (C=O) groups excluding carboxylic acids is 2. The maximum atomic E-state index is 12.4. The molecule has 0 saturated carbocycles. The number of hydrazone groups is 1. The summed E-state index contributed by atoms with van der Waals surface area (Å²) in [6, 6.07) is 13.0. The minimum atomic E-state index is -0.688. The Morgan fingerprint density at radius 3 is 2.44 bits per heavy atom. The summed E-state index contributed by atoms with van der Waals surface area (Å²) in [6.45, 7) is 2.10. The maximum Gasteiger partial charge on any atom is 0.343 e. The third-order valence-electron chi connectivity index (χ3n) is 4.11. The van der Waals surface area contributed by atoms with E-state index >= 15 is 0 Å². The number of nitro groups is 1. The number of nitro benzene ring substituents is 1. The van der Waals surface area contributed by atoms with Gasteiger partial charge in [-0.05, 0) is 55.0 Å². The molecule has 0 radical (unpaired) electrons. The quantitative estimate of drug-likeness (QED) is 0.189. The van der Waals surface area contributed by atoms with E-state index in [2.05, 4.69) is 15.5 Å². The van der Waals surface area contributed by atoms with Crippen molar-refractivity contribution in [3.63, 3.8) is 0 Å². The van der Waals surface area contributed by atoms with Crippen molar-refractivity contribution >= 4 is 23.8 Å². The number of ether oxygens (including phenoxy) is 2.